The molecule has 38 heavy (non-hydrogen) atoms. The standard InChI is InChI=1S/C21H29F3N3O9PS/c1-13(28)38-9-8-25-16(29)6-7-26-18(30)17-20(2,3)11-34-37(32,36-17)35-12-33-19(31)15-5-4-14(10-27-15)21(22,23)24/h4-5,10,17,32,37H,6-9,11-12H2,1-3H3,(H,25,29)(H,26,30)/t17-/m0/s1. The van der Waals surface area contributed by atoms with Gasteiger partial charge < -0.3 is 0 Å². The number of carbonyl (C=O) groups excluding carboxylic acids is 4. The molecule has 0 aliphatic carbocycles. The summed E-state index contributed by atoms with van der Waals surface area (Å²) in [5, 5.41) is 5.09. The van der Waals surface area contributed by atoms with E-state index in [2.05, 4.69) is 15.6 Å². The first kappa shape index (κ1) is 31.9. The first-order valence-electron chi connectivity index (χ1n) is 11.2. The number of thioether (sulfide) groups is 1. The molecule has 1 saturated heterocycles. The molecule has 0 unspecified atom stereocenters. The monoisotopic (exact) mass is 587 g/mol. The number of halogens is 3. The third-order valence-electron chi connectivity index (χ3n) is 4.95. The van der Waals surface area contributed by atoms with Gasteiger partial charge in [0.05, 0.1) is 0 Å². The number of ether oxygens (including phenoxy) is 1. The van der Waals surface area contributed by atoms with Crippen LogP contribution in [0.3, 0.4) is 0 Å². The summed E-state index contributed by atoms with van der Waals surface area (Å²) in [5.41, 5.74) is -2.38. The first-order valence-corrected chi connectivity index (χ1v) is 13.8. The van der Waals surface area contributed by atoms with E-state index in [-0.39, 0.29) is 30.6 Å². The summed E-state index contributed by atoms with van der Waals surface area (Å²) in [6.07, 6.45) is -5.43. The Morgan fingerprint density at radius 3 is 2.55 bits per heavy atom. The third kappa shape index (κ3) is 10.1. The molecule has 2 heterocycles. The van der Waals surface area contributed by atoms with E-state index in [9.17, 15) is 37.2 Å². The van der Waals surface area contributed by atoms with Gasteiger partial charge in [0.1, 0.15) is 0 Å². The van der Waals surface area contributed by atoms with Crippen LogP contribution in [0.5, 0.6) is 0 Å². The molecule has 1 aromatic heterocycles. The maximum absolute atomic E-state index is 12.7. The molecule has 12 nitrogen and oxygen atoms in total. The van der Waals surface area contributed by atoms with Crippen molar-refractivity contribution in [3.63, 3.8) is 0 Å². The van der Waals surface area contributed by atoms with Gasteiger partial charge in [-0.25, -0.2) is 0 Å². The molecule has 2 amide bonds. The molecule has 17 heteroatoms. The van der Waals surface area contributed by atoms with Crippen molar-refractivity contribution in [3.05, 3.63) is 29.6 Å². The summed E-state index contributed by atoms with van der Waals surface area (Å²) in [5.74, 6) is -1.67. The number of nitrogens with zero attached hydrogens (tertiary/aromatic N) is 1. The Hall–Kier alpha value is -2.36. The molecule has 1 aromatic rings. The Morgan fingerprint density at radius 2 is 1.95 bits per heavy atom. The quantitative estimate of drug-likeness (QED) is 0.150. The van der Waals surface area contributed by atoms with Crippen LogP contribution in [-0.2, 0) is 38.9 Å². The van der Waals surface area contributed by atoms with Crippen LogP contribution in [0.15, 0.2) is 18.3 Å². The van der Waals surface area contributed by atoms with Gasteiger partial charge in [0, 0.05) is 6.92 Å². The number of alkyl halides is 3. The number of amides is 2. The molecule has 1 fully saturated rings. The average Bonchev–Trinajstić information content (AvgIpc) is 2.83. The van der Waals surface area contributed by atoms with Crippen molar-refractivity contribution < 1.29 is 55.6 Å². The normalized spacial score (nSPS) is 19.2. The molecule has 3 N–H and O–H groups in total. The van der Waals surface area contributed by atoms with Crippen molar-refractivity contribution in [2.75, 3.05) is 32.2 Å². The van der Waals surface area contributed by atoms with Crippen LogP contribution in [0.1, 0.15) is 43.2 Å². The second-order valence-corrected chi connectivity index (χ2v) is 11.8. The molecule has 1 aliphatic rings. The predicted molar refractivity (Wildman–Crippen MR) is 130 cm³/mol. The Morgan fingerprint density at radius 1 is 1.24 bits per heavy atom. The number of esters is 1. The minimum absolute atomic E-state index is 0.0279. The van der Waals surface area contributed by atoms with Crippen LogP contribution in [-0.4, -0.2) is 71.1 Å². The molecule has 0 aromatic carbocycles. The van der Waals surface area contributed by atoms with Gasteiger partial charge >= 0.3 is 209 Å². The zero-order valence-electron chi connectivity index (χ0n) is 20.8. The molecule has 0 radical (unpaired) electrons. The summed E-state index contributed by atoms with van der Waals surface area (Å²) in [7, 11) is -4.46. The maximum atomic E-state index is 12.7. The number of nitrogens with one attached hydrogen (secondary N) is 2. The van der Waals surface area contributed by atoms with Crippen molar-refractivity contribution in [1.82, 2.24) is 15.6 Å². The second kappa shape index (κ2) is 13.6. The van der Waals surface area contributed by atoms with E-state index in [0.29, 0.717) is 24.6 Å². The fourth-order valence-electron chi connectivity index (χ4n) is 2.96. The average molecular weight is 588 g/mol. The second-order valence-electron chi connectivity index (χ2n) is 8.65. The molecule has 1 aliphatic heterocycles. The number of carbonyl (C=O) groups is 4. The van der Waals surface area contributed by atoms with E-state index in [1.54, 1.807) is 13.8 Å². The van der Waals surface area contributed by atoms with Crippen molar-refractivity contribution in [1.29, 1.82) is 0 Å². The zero-order valence-corrected chi connectivity index (χ0v) is 22.6. The van der Waals surface area contributed by atoms with Crippen LogP contribution >= 0.6 is 19.9 Å². The van der Waals surface area contributed by atoms with Crippen LogP contribution in [0, 0.1) is 5.41 Å². The number of pyridine rings is 1. The molecule has 214 valence electrons. The van der Waals surface area contributed by atoms with Crippen LogP contribution in [0.25, 0.3) is 0 Å². The van der Waals surface area contributed by atoms with Crippen LogP contribution < -0.4 is 10.6 Å². The van der Waals surface area contributed by atoms with Gasteiger partial charge in [-0.1, -0.05) is 0 Å². The molecule has 0 bridgehead atoms. The van der Waals surface area contributed by atoms with E-state index in [4.69, 9.17) is 18.3 Å². The Bertz CT molecular complexity index is 1010. The minimum atomic E-state index is -4.62. The van der Waals surface area contributed by atoms with Gasteiger partial charge in [-0.15, -0.1) is 0 Å². The SMILES string of the molecule is CC(=O)SCCNC(=O)CCNC(=O)[C@@H]1O[PH](O)(OCOC(=O)c2ccc(C(F)(F)F)cn2)OCC1(C)C. The molecule has 0 spiro atoms. The van der Waals surface area contributed by atoms with E-state index in [1.807, 2.05) is 0 Å². The van der Waals surface area contributed by atoms with Crippen molar-refractivity contribution in [2.45, 2.75) is 39.5 Å². The Kier molecular flexibility index (Phi) is 11.4. The number of hydrogen-bond acceptors (Lipinski definition) is 11. The summed E-state index contributed by atoms with van der Waals surface area (Å²) in [4.78, 5) is 61.4. The molecular weight excluding hydrogens is 558 g/mol. The summed E-state index contributed by atoms with van der Waals surface area (Å²) in [6, 6.07) is 1.47. The number of hydrogen-bond donors (Lipinski definition) is 3. The number of aromatic nitrogens is 1. The van der Waals surface area contributed by atoms with E-state index in [0.717, 1.165) is 17.8 Å². The third-order valence-corrected chi connectivity index (χ3v) is 7.29. The van der Waals surface area contributed by atoms with Crippen molar-refractivity contribution in [2.24, 2.45) is 5.41 Å². The summed E-state index contributed by atoms with van der Waals surface area (Å²) in [6.45, 7) is 3.92. The van der Waals surface area contributed by atoms with Crippen molar-refractivity contribution >= 4 is 42.8 Å². The van der Waals surface area contributed by atoms with E-state index >= 15 is 0 Å². The summed E-state index contributed by atoms with van der Waals surface area (Å²) < 4.78 is 58.3. The van der Waals surface area contributed by atoms with Gasteiger partial charge in [-0.2, -0.15) is 0 Å². The van der Waals surface area contributed by atoms with E-state index in [1.165, 1.54) is 6.92 Å². The molecule has 0 saturated carbocycles. The van der Waals surface area contributed by atoms with Gasteiger partial charge in [-0.05, 0) is 0 Å². The van der Waals surface area contributed by atoms with Gasteiger partial charge in [0.2, 0.25) is 0 Å². The van der Waals surface area contributed by atoms with Crippen LogP contribution in [0.2, 0.25) is 0 Å². The molecule has 1 atom stereocenters. The Balaban J connectivity index is 1.82. The van der Waals surface area contributed by atoms with Crippen molar-refractivity contribution in [3.8, 4) is 0 Å². The van der Waals surface area contributed by atoms with Gasteiger partial charge in [-0.3, -0.25) is 4.79 Å². The van der Waals surface area contributed by atoms with E-state index < -0.39 is 55.8 Å². The Labute approximate surface area is 221 Å². The first-order chi connectivity index (χ1) is 17.6. The van der Waals surface area contributed by atoms with Gasteiger partial charge in [0.15, 0.2) is 0 Å². The number of rotatable bonds is 11. The topological polar surface area (TPSA) is 162 Å². The predicted octanol–water partition coefficient (Wildman–Crippen LogP) is 1.98. The molecular formula is C21H29F3N3O9PS. The fraction of sp³-hybridized carbons (Fsp3) is 0.571. The zero-order chi connectivity index (χ0) is 28.6. The van der Waals surface area contributed by atoms with Crippen LogP contribution in [0.4, 0.5) is 13.2 Å². The fourth-order valence-corrected chi connectivity index (χ4v) is 5.16. The summed E-state index contributed by atoms with van der Waals surface area (Å²) >= 11 is 1.08. The molecule has 2 rings (SSSR count). The van der Waals surface area contributed by atoms with Gasteiger partial charge in [0.25, 0.3) is 0 Å².